The summed E-state index contributed by atoms with van der Waals surface area (Å²) >= 11 is 0. The number of ether oxygens (including phenoxy) is 1. The van der Waals surface area contributed by atoms with E-state index in [1.807, 2.05) is 0 Å². The molecule has 0 spiro atoms. The Hall–Kier alpha value is -2.97. The van der Waals surface area contributed by atoms with E-state index in [1.54, 1.807) is 6.92 Å². The minimum absolute atomic E-state index is 0.0325. The second-order valence-electron chi connectivity index (χ2n) is 5.93. The summed E-state index contributed by atoms with van der Waals surface area (Å²) in [7, 11) is 0. The van der Waals surface area contributed by atoms with Crippen LogP contribution >= 0.6 is 0 Å². The Balaban J connectivity index is 1.62. The van der Waals surface area contributed by atoms with Crippen LogP contribution in [0.4, 0.5) is 9.18 Å². The molecule has 1 saturated heterocycles. The van der Waals surface area contributed by atoms with Gasteiger partial charge in [-0.05, 0) is 19.1 Å². The lowest BCUT2D eigenvalue weighted by atomic mass is 10.1. The molecule has 8 nitrogen and oxygen atoms in total. The van der Waals surface area contributed by atoms with Crippen LogP contribution in [0, 0.1) is 5.82 Å². The van der Waals surface area contributed by atoms with Gasteiger partial charge < -0.3 is 14.5 Å². The molecule has 3 rings (SSSR count). The van der Waals surface area contributed by atoms with E-state index in [0.29, 0.717) is 13.1 Å². The highest BCUT2D eigenvalue weighted by atomic mass is 19.1. The van der Waals surface area contributed by atoms with Gasteiger partial charge in [0.1, 0.15) is 12.4 Å². The van der Waals surface area contributed by atoms with Crippen molar-refractivity contribution in [1.82, 2.24) is 14.7 Å². The second kappa shape index (κ2) is 7.11. The van der Waals surface area contributed by atoms with Crippen LogP contribution in [-0.2, 0) is 9.53 Å². The molecule has 0 unspecified atom stereocenters. The first-order chi connectivity index (χ1) is 12.4. The maximum atomic E-state index is 13.8. The molecule has 9 heteroatoms. The molecular formula is C17H18FN3O5. The number of halogens is 1. The van der Waals surface area contributed by atoms with Gasteiger partial charge in [-0.25, -0.2) is 9.18 Å². The van der Waals surface area contributed by atoms with Crippen molar-refractivity contribution in [2.45, 2.75) is 6.92 Å². The number of carbonyl (C=O) groups excluding carboxylic acids is 4. The molecule has 1 aromatic carbocycles. The Bertz CT molecular complexity index is 774. The molecule has 0 bridgehead atoms. The molecule has 0 N–H and O–H groups in total. The van der Waals surface area contributed by atoms with Crippen molar-refractivity contribution in [3.63, 3.8) is 0 Å². The third-order valence-electron chi connectivity index (χ3n) is 4.40. The number of imide groups is 1. The minimum Gasteiger partial charge on any atom is -0.450 e. The van der Waals surface area contributed by atoms with Crippen LogP contribution in [0.15, 0.2) is 18.2 Å². The van der Waals surface area contributed by atoms with Crippen molar-refractivity contribution in [3.05, 3.63) is 35.1 Å². The van der Waals surface area contributed by atoms with E-state index in [2.05, 4.69) is 0 Å². The van der Waals surface area contributed by atoms with Crippen molar-refractivity contribution in [2.75, 3.05) is 39.3 Å². The third-order valence-corrected chi connectivity index (χ3v) is 4.40. The van der Waals surface area contributed by atoms with E-state index in [9.17, 15) is 23.6 Å². The second-order valence-corrected chi connectivity index (χ2v) is 5.93. The first-order valence-electron chi connectivity index (χ1n) is 8.28. The fourth-order valence-corrected chi connectivity index (χ4v) is 3.02. The fraction of sp³-hybridized carbons (Fsp3) is 0.412. The van der Waals surface area contributed by atoms with Crippen LogP contribution < -0.4 is 0 Å². The van der Waals surface area contributed by atoms with Crippen LogP contribution in [0.2, 0.25) is 0 Å². The lowest BCUT2D eigenvalue weighted by molar-refractivity contribution is -0.133. The van der Waals surface area contributed by atoms with Crippen LogP contribution in [-0.4, -0.2) is 77.8 Å². The molecule has 0 radical (unpaired) electrons. The lowest BCUT2D eigenvalue weighted by Crippen LogP contribution is -2.53. The van der Waals surface area contributed by atoms with Gasteiger partial charge in [-0.2, -0.15) is 0 Å². The molecular weight excluding hydrogens is 345 g/mol. The van der Waals surface area contributed by atoms with Gasteiger partial charge in [0.2, 0.25) is 5.91 Å². The highest BCUT2D eigenvalue weighted by Gasteiger charge is 2.39. The van der Waals surface area contributed by atoms with Gasteiger partial charge in [0.25, 0.3) is 11.8 Å². The molecule has 1 fully saturated rings. The predicted molar refractivity (Wildman–Crippen MR) is 86.9 cm³/mol. The zero-order chi connectivity index (χ0) is 18.8. The van der Waals surface area contributed by atoms with Gasteiger partial charge in [-0.3, -0.25) is 19.3 Å². The standard InChI is InChI=1S/C17H18FN3O5/c1-2-26-17(25)20-8-6-19(7-9-20)13(22)10-21-15(23)11-4-3-5-12(18)14(11)16(21)24/h3-5H,2,6-10H2,1H3. The summed E-state index contributed by atoms with van der Waals surface area (Å²) in [6.45, 7) is 2.69. The van der Waals surface area contributed by atoms with Gasteiger partial charge in [0, 0.05) is 26.2 Å². The van der Waals surface area contributed by atoms with Crippen LogP contribution in [0.3, 0.4) is 0 Å². The van der Waals surface area contributed by atoms with Gasteiger partial charge in [-0.1, -0.05) is 6.07 Å². The molecule has 0 aliphatic carbocycles. The maximum Gasteiger partial charge on any atom is 0.409 e. The Labute approximate surface area is 149 Å². The number of fused-ring (bicyclic) bond motifs is 1. The molecule has 2 aliphatic heterocycles. The van der Waals surface area contributed by atoms with Crippen LogP contribution in [0.25, 0.3) is 0 Å². The molecule has 1 aromatic rings. The maximum absolute atomic E-state index is 13.8. The van der Waals surface area contributed by atoms with Crippen molar-refractivity contribution in [1.29, 1.82) is 0 Å². The summed E-state index contributed by atoms with van der Waals surface area (Å²) in [5.74, 6) is -2.69. The fourth-order valence-electron chi connectivity index (χ4n) is 3.02. The summed E-state index contributed by atoms with van der Waals surface area (Å²) in [6.07, 6.45) is -0.435. The first kappa shape index (κ1) is 17.8. The molecule has 2 aliphatic rings. The zero-order valence-electron chi connectivity index (χ0n) is 14.2. The summed E-state index contributed by atoms with van der Waals surface area (Å²) in [5.41, 5.74) is -0.327. The van der Waals surface area contributed by atoms with E-state index < -0.39 is 36.2 Å². The van der Waals surface area contributed by atoms with Gasteiger partial charge in [0.15, 0.2) is 0 Å². The normalized spacial score (nSPS) is 16.8. The van der Waals surface area contributed by atoms with Gasteiger partial charge >= 0.3 is 6.09 Å². The Morgan fingerprint density at radius 3 is 2.35 bits per heavy atom. The summed E-state index contributed by atoms with van der Waals surface area (Å²) in [6, 6.07) is 3.81. The minimum atomic E-state index is -0.804. The largest absolute Gasteiger partial charge is 0.450 e. The Morgan fingerprint density at radius 2 is 1.73 bits per heavy atom. The molecule has 0 atom stereocenters. The highest BCUT2D eigenvalue weighted by molar-refractivity contribution is 6.22. The summed E-state index contributed by atoms with van der Waals surface area (Å²) < 4.78 is 18.7. The Kier molecular flexibility index (Phi) is 4.88. The molecule has 4 amide bonds. The van der Waals surface area contributed by atoms with Crippen molar-refractivity contribution < 1.29 is 28.3 Å². The number of amides is 4. The number of piperazine rings is 1. The highest BCUT2D eigenvalue weighted by Crippen LogP contribution is 2.25. The van der Waals surface area contributed by atoms with E-state index in [4.69, 9.17) is 4.74 Å². The number of nitrogens with zero attached hydrogens (tertiary/aromatic N) is 3. The quantitative estimate of drug-likeness (QED) is 0.739. The zero-order valence-corrected chi connectivity index (χ0v) is 14.2. The predicted octanol–water partition coefficient (Wildman–Crippen LogP) is 0.722. The van der Waals surface area contributed by atoms with E-state index in [1.165, 1.54) is 21.9 Å². The summed E-state index contributed by atoms with van der Waals surface area (Å²) in [5, 5.41) is 0. The average Bonchev–Trinajstić information content (AvgIpc) is 2.88. The number of rotatable bonds is 3. The number of hydrogen-bond acceptors (Lipinski definition) is 5. The molecule has 0 aromatic heterocycles. The topological polar surface area (TPSA) is 87.2 Å². The average molecular weight is 363 g/mol. The van der Waals surface area contributed by atoms with Crippen LogP contribution in [0.1, 0.15) is 27.6 Å². The van der Waals surface area contributed by atoms with Gasteiger partial charge in [0.05, 0.1) is 17.7 Å². The smallest absolute Gasteiger partial charge is 0.409 e. The molecule has 0 saturated carbocycles. The molecule has 26 heavy (non-hydrogen) atoms. The first-order valence-corrected chi connectivity index (χ1v) is 8.28. The number of benzene rings is 1. The monoisotopic (exact) mass is 363 g/mol. The van der Waals surface area contributed by atoms with Gasteiger partial charge in [-0.15, -0.1) is 0 Å². The van der Waals surface area contributed by atoms with Crippen molar-refractivity contribution in [3.8, 4) is 0 Å². The summed E-state index contributed by atoms with van der Waals surface area (Å²) in [4.78, 5) is 52.4. The van der Waals surface area contributed by atoms with E-state index in [-0.39, 0.29) is 30.8 Å². The SMILES string of the molecule is CCOC(=O)N1CCN(C(=O)CN2C(=O)c3cccc(F)c3C2=O)CC1. The van der Waals surface area contributed by atoms with Crippen molar-refractivity contribution >= 4 is 23.8 Å². The lowest BCUT2D eigenvalue weighted by Gasteiger charge is -2.34. The Morgan fingerprint density at radius 1 is 1.08 bits per heavy atom. The third kappa shape index (κ3) is 3.12. The molecule has 2 heterocycles. The number of carbonyl (C=O) groups is 4. The van der Waals surface area contributed by atoms with Crippen molar-refractivity contribution in [2.24, 2.45) is 0 Å². The van der Waals surface area contributed by atoms with E-state index in [0.717, 1.165) is 11.0 Å². The number of hydrogen-bond donors (Lipinski definition) is 0. The molecule has 138 valence electrons. The van der Waals surface area contributed by atoms with E-state index >= 15 is 0 Å². The van der Waals surface area contributed by atoms with Crippen LogP contribution in [0.5, 0.6) is 0 Å².